The molecule has 0 amide bonds. The molecular weight excluding hydrogens is 356 g/mol. The van der Waals surface area contributed by atoms with Gasteiger partial charge in [0.25, 0.3) is 0 Å². The molecule has 3 rings (SSSR count). The van der Waals surface area contributed by atoms with E-state index in [-0.39, 0.29) is 40.7 Å². The molecule has 1 aromatic heterocycles. The van der Waals surface area contributed by atoms with Gasteiger partial charge < -0.3 is 20.4 Å². The fourth-order valence-electron chi connectivity index (χ4n) is 2.55. The number of carbonyl (C=O) groups is 4. The highest BCUT2D eigenvalue weighted by molar-refractivity contribution is 6.28. The van der Waals surface area contributed by atoms with E-state index in [1.807, 2.05) is 0 Å². The number of ether oxygens (including phenoxy) is 1. The number of hydrogen-bond donors (Lipinski definition) is 3. The maximum Gasteiger partial charge on any atom is 0.314 e. The van der Waals surface area contributed by atoms with E-state index in [2.05, 4.69) is 10.5 Å². The van der Waals surface area contributed by atoms with E-state index in [0.29, 0.717) is 0 Å². The quantitative estimate of drug-likeness (QED) is 0.106. The van der Waals surface area contributed by atoms with Crippen LogP contribution in [0.25, 0.3) is 0 Å². The number of nitrogens with two attached hydrogens (primary N) is 2. The van der Waals surface area contributed by atoms with Crippen LogP contribution in [0.4, 0.5) is 0 Å². The summed E-state index contributed by atoms with van der Waals surface area (Å²) in [4.78, 5) is 48.9. The highest BCUT2D eigenvalue weighted by Crippen LogP contribution is 2.29. The monoisotopic (exact) mass is 370 g/mol. The number of rotatable bonds is 5. The Morgan fingerprint density at radius 1 is 1.11 bits per heavy atom. The zero-order valence-electron chi connectivity index (χ0n) is 13.9. The molecule has 5 N–H and O–H groups in total. The van der Waals surface area contributed by atoms with Crippen LogP contribution in [-0.4, -0.2) is 35.8 Å². The normalized spacial score (nSPS) is 13.0. The van der Waals surface area contributed by atoms with Crippen LogP contribution in [0.2, 0.25) is 0 Å². The number of hydrazine groups is 1. The van der Waals surface area contributed by atoms with E-state index in [4.69, 9.17) is 20.8 Å². The lowest BCUT2D eigenvalue weighted by atomic mass is 9.88. The number of Topliss-reactive ketones (excluding diaryl/α,β-unsaturated/α-hetero) is 1. The molecule has 1 aliphatic rings. The van der Waals surface area contributed by atoms with Gasteiger partial charge in [0.15, 0.2) is 29.7 Å². The number of benzene rings is 1. The summed E-state index contributed by atoms with van der Waals surface area (Å²) in [6.07, 6.45) is -0.663. The lowest BCUT2D eigenvalue weighted by Gasteiger charge is -2.11. The third kappa shape index (κ3) is 3.33. The first-order valence-electron chi connectivity index (χ1n) is 7.70. The molecule has 0 aliphatic heterocycles. The summed E-state index contributed by atoms with van der Waals surface area (Å²) in [7, 11) is 0. The highest BCUT2D eigenvalue weighted by Gasteiger charge is 2.34. The third-order valence-electron chi connectivity index (χ3n) is 3.87. The van der Waals surface area contributed by atoms with Gasteiger partial charge in [0.1, 0.15) is 6.42 Å². The van der Waals surface area contributed by atoms with Gasteiger partial charge in [0.2, 0.25) is 11.6 Å². The molecule has 1 aromatic carbocycles. The molecule has 0 unspecified atom stereocenters. The van der Waals surface area contributed by atoms with Crippen molar-refractivity contribution >= 4 is 29.2 Å². The van der Waals surface area contributed by atoms with Gasteiger partial charge in [-0.05, 0) is 6.07 Å². The number of amidine groups is 1. The Balaban J connectivity index is 1.76. The first-order valence-corrected chi connectivity index (χ1v) is 7.70. The standard InChI is InChI=1S/C17H14N4O6/c18-20-13(21-19)7-26-14(23)6-11(22)12-5-10-15(24)8-3-1-2-4-9(8)16(25)17(10)27-12/h1-5H,6-7,18-19H2,(H,20,21). The second-order valence-corrected chi connectivity index (χ2v) is 5.54. The van der Waals surface area contributed by atoms with Crippen LogP contribution in [-0.2, 0) is 9.53 Å². The van der Waals surface area contributed by atoms with Crippen molar-refractivity contribution in [3.05, 3.63) is 58.5 Å². The van der Waals surface area contributed by atoms with Crippen LogP contribution in [0.15, 0.2) is 39.9 Å². The van der Waals surface area contributed by atoms with E-state index in [1.54, 1.807) is 12.1 Å². The zero-order valence-corrected chi connectivity index (χ0v) is 13.9. The van der Waals surface area contributed by atoms with Gasteiger partial charge in [-0.15, -0.1) is 0 Å². The summed E-state index contributed by atoms with van der Waals surface area (Å²) in [6.45, 7) is -0.347. The molecule has 10 heteroatoms. The van der Waals surface area contributed by atoms with Crippen LogP contribution in [0.5, 0.6) is 0 Å². The van der Waals surface area contributed by atoms with Crippen molar-refractivity contribution in [1.29, 1.82) is 0 Å². The van der Waals surface area contributed by atoms with Crippen molar-refractivity contribution in [3.63, 3.8) is 0 Å². The number of ketones is 3. The van der Waals surface area contributed by atoms with E-state index < -0.39 is 29.7 Å². The van der Waals surface area contributed by atoms with Crippen molar-refractivity contribution in [2.75, 3.05) is 6.61 Å². The molecule has 1 heterocycles. The number of hydrazone groups is 1. The topological polar surface area (TPSA) is 167 Å². The number of fused-ring (bicyclic) bond motifs is 2. The van der Waals surface area contributed by atoms with E-state index >= 15 is 0 Å². The second kappa shape index (κ2) is 7.22. The predicted octanol–water partition coefficient (Wildman–Crippen LogP) is -0.0935. The van der Waals surface area contributed by atoms with Crippen molar-refractivity contribution in [2.45, 2.75) is 6.42 Å². The fraction of sp³-hybridized carbons (Fsp3) is 0.118. The highest BCUT2D eigenvalue weighted by atomic mass is 16.5. The van der Waals surface area contributed by atoms with Gasteiger partial charge in [0, 0.05) is 11.1 Å². The first-order chi connectivity index (χ1) is 13.0. The van der Waals surface area contributed by atoms with Gasteiger partial charge in [-0.25, -0.2) is 5.84 Å². The minimum Gasteiger partial charge on any atom is -0.457 e. The van der Waals surface area contributed by atoms with E-state index in [1.165, 1.54) is 12.1 Å². The average Bonchev–Trinajstić information content (AvgIpc) is 3.13. The van der Waals surface area contributed by atoms with Crippen molar-refractivity contribution < 1.29 is 28.3 Å². The lowest BCUT2D eigenvalue weighted by Crippen LogP contribution is -2.35. The zero-order chi connectivity index (χ0) is 19.6. The van der Waals surface area contributed by atoms with Gasteiger partial charge in [-0.1, -0.05) is 24.3 Å². The Bertz CT molecular complexity index is 939. The largest absolute Gasteiger partial charge is 0.457 e. The van der Waals surface area contributed by atoms with Gasteiger partial charge in [-0.2, -0.15) is 5.10 Å². The Kier molecular flexibility index (Phi) is 4.81. The van der Waals surface area contributed by atoms with Crippen molar-refractivity contribution in [1.82, 2.24) is 5.43 Å². The maximum atomic E-state index is 12.5. The van der Waals surface area contributed by atoms with Crippen LogP contribution in [0.3, 0.4) is 0 Å². The summed E-state index contributed by atoms with van der Waals surface area (Å²) in [5, 5.41) is 3.22. The molecule has 0 fully saturated rings. The molecule has 0 atom stereocenters. The fourth-order valence-corrected chi connectivity index (χ4v) is 2.55. The summed E-state index contributed by atoms with van der Waals surface area (Å²) in [5.74, 6) is 7.01. The summed E-state index contributed by atoms with van der Waals surface area (Å²) >= 11 is 0. The molecular formula is C17H14N4O6. The van der Waals surface area contributed by atoms with Crippen LogP contribution >= 0.6 is 0 Å². The van der Waals surface area contributed by atoms with E-state index in [9.17, 15) is 19.2 Å². The number of furan rings is 1. The molecule has 0 spiro atoms. The molecule has 0 radical (unpaired) electrons. The Hall–Kier alpha value is -3.79. The summed E-state index contributed by atoms with van der Waals surface area (Å²) in [6, 6.07) is 7.44. The number of esters is 1. The molecule has 10 nitrogen and oxygen atoms in total. The van der Waals surface area contributed by atoms with Crippen LogP contribution in [0, 0.1) is 0 Å². The third-order valence-corrected chi connectivity index (χ3v) is 3.87. The van der Waals surface area contributed by atoms with Crippen LogP contribution < -0.4 is 17.1 Å². The van der Waals surface area contributed by atoms with E-state index in [0.717, 1.165) is 6.07 Å². The average molecular weight is 370 g/mol. The smallest absolute Gasteiger partial charge is 0.314 e. The summed E-state index contributed by atoms with van der Waals surface area (Å²) < 4.78 is 10.1. The summed E-state index contributed by atoms with van der Waals surface area (Å²) in [5.41, 5.74) is 2.53. The molecule has 0 bridgehead atoms. The van der Waals surface area contributed by atoms with Crippen molar-refractivity contribution in [2.24, 2.45) is 16.8 Å². The number of nitrogens with one attached hydrogen (secondary N) is 1. The first kappa shape index (κ1) is 18.0. The lowest BCUT2D eigenvalue weighted by molar-refractivity contribution is -0.140. The molecule has 27 heavy (non-hydrogen) atoms. The molecule has 0 saturated carbocycles. The Morgan fingerprint density at radius 3 is 2.41 bits per heavy atom. The minimum atomic E-state index is -0.883. The number of carbonyl (C=O) groups excluding carboxylic acids is 4. The minimum absolute atomic E-state index is 0.00165. The number of nitrogens with zero attached hydrogens (tertiary/aromatic N) is 1. The number of hydrogen-bond acceptors (Lipinski definition) is 9. The maximum absolute atomic E-state index is 12.5. The van der Waals surface area contributed by atoms with Gasteiger partial charge in [-0.3, -0.25) is 19.2 Å². The van der Waals surface area contributed by atoms with Crippen LogP contribution in [0.1, 0.15) is 49.0 Å². The molecule has 2 aromatic rings. The van der Waals surface area contributed by atoms with Gasteiger partial charge in [0.05, 0.1) is 5.56 Å². The molecule has 0 saturated heterocycles. The molecule has 138 valence electrons. The Morgan fingerprint density at radius 2 is 1.78 bits per heavy atom. The van der Waals surface area contributed by atoms with Gasteiger partial charge >= 0.3 is 5.97 Å². The second-order valence-electron chi connectivity index (χ2n) is 5.54. The molecule has 1 aliphatic carbocycles. The Labute approximate surface area is 152 Å². The van der Waals surface area contributed by atoms with Crippen molar-refractivity contribution in [3.8, 4) is 0 Å². The predicted molar refractivity (Wildman–Crippen MR) is 90.9 cm³/mol. The SMILES string of the molecule is N/N=C(/COC(=O)CC(=O)c1cc2c(o1)C(=O)c1ccccc1C2=O)NN.